The third-order valence-electron chi connectivity index (χ3n) is 6.30. The first-order valence-electron chi connectivity index (χ1n) is 11.2. The molecule has 0 unspecified atom stereocenters. The van der Waals surface area contributed by atoms with Crippen LogP contribution in [0.2, 0.25) is 0 Å². The zero-order valence-corrected chi connectivity index (χ0v) is 18.2. The molecule has 2 saturated carbocycles. The third-order valence-corrected chi connectivity index (χ3v) is 6.30. The molecule has 32 heavy (non-hydrogen) atoms. The van der Waals surface area contributed by atoms with Crippen molar-refractivity contribution in [2.45, 2.75) is 70.1 Å². The van der Waals surface area contributed by atoms with Crippen molar-refractivity contribution in [2.75, 3.05) is 11.9 Å². The lowest BCUT2D eigenvalue weighted by atomic mass is 9.94. The molecule has 0 spiro atoms. The fourth-order valence-electron chi connectivity index (χ4n) is 4.40. The predicted molar refractivity (Wildman–Crippen MR) is 118 cm³/mol. The van der Waals surface area contributed by atoms with Crippen LogP contribution in [0.4, 0.5) is 14.5 Å². The van der Waals surface area contributed by atoms with E-state index in [1.807, 2.05) is 6.07 Å². The Morgan fingerprint density at radius 1 is 1.19 bits per heavy atom. The molecule has 4 rings (SSSR count). The van der Waals surface area contributed by atoms with E-state index in [-0.39, 0.29) is 24.0 Å². The van der Waals surface area contributed by atoms with Gasteiger partial charge >= 0.3 is 5.97 Å². The van der Waals surface area contributed by atoms with Gasteiger partial charge in [-0.3, -0.25) is 0 Å². The Morgan fingerprint density at radius 3 is 2.56 bits per heavy atom. The normalized spacial score (nSPS) is 17.5. The van der Waals surface area contributed by atoms with Crippen LogP contribution in [-0.2, 0) is 16.1 Å². The monoisotopic (exact) mass is 445 g/mol. The lowest BCUT2D eigenvalue weighted by Crippen LogP contribution is -2.31. The van der Waals surface area contributed by atoms with Crippen molar-refractivity contribution in [1.82, 2.24) is 0 Å². The van der Waals surface area contributed by atoms with Gasteiger partial charge in [0.25, 0.3) is 6.43 Å². The standard InChI is InChI=1S/C25H29F2NO4/c1-2-31-21-9-5-8-20(22(21)23(26)27)19-11-10-17(28-25(12-13-25)24(29)30)14-16(19)15-32-18-6-3-4-7-18/h5,8-11,14,18,23,28H,2-4,6-7,12-13,15H2,1H3,(H,29,30). The number of benzene rings is 2. The molecule has 0 aromatic heterocycles. The van der Waals surface area contributed by atoms with Crippen LogP contribution in [0.25, 0.3) is 11.1 Å². The molecule has 0 heterocycles. The average molecular weight is 446 g/mol. The number of nitrogens with one attached hydrogen (secondary N) is 1. The molecule has 2 aliphatic rings. The van der Waals surface area contributed by atoms with E-state index in [1.165, 1.54) is 0 Å². The molecule has 172 valence electrons. The Hall–Kier alpha value is -2.67. The maximum atomic E-state index is 14.1. The second kappa shape index (κ2) is 9.45. The molecule has 0 amide bonds. The Labute approximate surface area is 186 Å². The quantitative estimate of drug-likeness (QED) is 0.457. The van der Waals surface area contributed by atoms with E-state index < -0.39 is 17.9 Å². The van der Waals surface area contributed by atoms with Gasteiger partial charge in [0.15, 0.2) is 0 Å². The predicted octanol–water partition coefficient (Wildman–Crippen LogP) is 6.18. The van der Waals surface area contributed by atoms with E-state index in [0.29, 0.717) is 36.3 Å². The van der Waals surface area contributed by atoms with Crippen LogP contribution in [0.1, 0.15) is 63.0 Å². The summed E-state index contributed by atoms with van der Waals surface area (Å²) >= 11 is 0. The second-order valence-electron chi connectivity index (χ2n) is 8.55. The van der Waals surface area contributed by atoms with E-state index >= 15 is 0 Å². The van der Waals surface area contributed by atoms with E-state index in [4.69, 9.17) is 9.47 Å². The highest BCUT2D eigenvalue weighted by Gasteiger charge is 2.50. The summed E-state index contributed by atoms with van der Waals surface area (Å²) in [6.45, 7) is 2.33. The molecule has 0 saturated heterocycles. The third kappa shape index (κ3) is 4.72. The van der Waals surface area contributed by atoms with Crippen molar-refractivity contribution in [1.29, 1.82) is 0 Å². The summed E-state index contributed by atoms with van der Waals surface area (Å²) < 4.78 is 39.7. The average Bonchev–Trinajstić information content (AvgIpc) is 3.36. The van der Waals surface area contributed by atoms with Crippen molar-refractivity contribution < 1.29 is 28.2 Å². The fourth-order valence-corrected chi connectivity index (χ4v) is 4.40. The minimum Gasteiger partial charge on any atom is -0.493 e. The summed E-state index contributed by atoms with van der Waals surface area (Å²) in [4.78, 5) is 11.6. The Morgan fingerprint density at radius 2 is 1.94 bits per heavy atom. The summed E-state index contributed by atoms with van der Waals surface area (Å²) in [6, 6.07) is 10.3. The van der Waals surface area contributed by atoms with Crippen molar-refractivity contribution >= 4 is 11.7 Å². The summed E-state index contributed by atoms with van der Waals surface area (Å²) in [7, 11) is 0. The number of aliphatic carboxylic acids is 1. The Balaban J connectivity index is 1.72. The van der Waals surface area contributed by atoms with Gasteiger partial charge in [-0.15, -0.1) is 0 Å². The smallest absolute Gasteiger partial charge is 0.329 e. The van der Waals surface area contributed by atoms with E-state index in [0.717, 1.165) is 31.2 Å². The number of rotatable bonds is 10. The van der Waals surface area contributed by atoms with E-state index in [1.54, 1.807) is 37.3 Å². The van der Waals surface area contributed by atoms with Gasteiger partial charge in [0.2, 0.25) is 0 Å². The second-order valence-corrected chi connectivity index (χ2v) is 8.55. The number of carboxylic acid groups (broad SMARTS) is 1. The summed E-state index contributed by atoms with van der Waals surface area (Å²) in [6.07, 6.45) is 2.84. The molecule has 0 radical (unpaired) electrons. The van der Waals surface area contributed by atoms with Crippen LogP contribution >= 0.6 is 0 Å². The van der Waals surface area contributed by atoms with Gasteiger partial charge in [-0.05, 0) is 67.5 Å². The van der Waals surface area contributed by atoms with Crippen LogP contribution in [0.15, 0.2) is 36.4 Å². The molecular weight excluding hydrogens is 416 g/mol. The minimum absolute atomic E-state index is 0.138. The molecule has 2 aromatic rings. The number of carbonyl (C=O) groups is 1. The number of carboxylic acids is 1. The zero-order valence-electron chi connectivity index (χ0n) is 18.2. The molecule has 5 nitrogen and oxygen atoms in total. The van der Waals surface area contributed by atoms with E-state index in [2.05, 4.69) is 5.32 Å². The van der Waals surface area contributed by atoms with Crippen LogP contribution in [0, 0.1) is 0 Å². The number of ether oxygens (including phenoxy) is 2. The lowest BCUT2D eigenvalue weighted by Gasteiger charge is -2.20. The molecule has 2 aromatic carbocycles. The molecule has 7 heteroatoms. The summed E-state index contributed by atoms with van der Waals surface area (Å²) in [5, 5.41) is 12.6. The number of hydrogen-bond donors (Lipinski definition) is 2. The first kappa shape index (κ1) is 22.5. The SMILES string of the molecule is CCOc1cccc(-c2ccc(NC3(C(=O)O)CC3)cc2COC2CCCC2)c1C(F)F. The maximum absolute atomic E-state index is 14.1. The molecule has 2 N–H and O–H groups in total. The van der Waals surface area contributed by atoms with Crippen LogP contribution < -0.4 is 10.1 Å². The van der Waals surface area contributed by atoms with Crippen molar-refractivity contribution in [3.05, 3.63) is 47.5 Å². The highest BCUT2D eigenvalue weighted by atomic mass is 19.3. The van der Waals surface area contributed by atoms with Crippen LogP contribution in [-0.4, -0.2) is 29.3 Å². The van der Waals surface area contributed by atoms with Crippen LogP contribution in [0.5, 0.6) is 5.75 Å². The summed E-state index contributed by atoms with van der Waals surface area (Å²) in [5.41, 5.74) is 1.37. The van der Waals surface area contributed by atoms with Gasteiger partial charge in [-0.25, -0.2) is 13.6 Å². The van der Waals surface area contributed by atoms with Gasteiger partial charge in [-0.1, -0.05) is 31.0 Å². The van der Waals surface area contributed by atoms with Gasteiger partial charge in [0.05, 0.1) is 24.9 Å². The van der Waals surface area contributed by atoms with Crippen molar-refractivity contribution in [3.8, 4) is 16.9 Å². The van der Waals surface area contributed by atoms with Gasteiger partial charge in [0.1, 0.15) is 11.3 Å². The summed E-state index contributed by atoms with van der Waals surface area (Å²) in [5.74, 6) is -0.706. The van der Waals surface area contributed by atoms with Crippen molar-refractivity contribution in [3.63, 3.8) is 0 Å². The molecule has 0 atom stereocenters. The highest BCUT2D eigenvalue weighted by Crippen LogP contribution is 2.42. The molecule has 2 aliphatic carbocycles. The molecule has 2 fully saturated rings. The largest absolute Gasteiger partial charge is 0.493 e. The molecule has 0 bridgehead atoms. The topological polar surface area (TPSA) is 67.8 Å². The minimum atomic E-state index is -2.70. The Bertz CT molecular complexity index is 968. The Kier molecular flexibility index (Phi) is 6.65. The molecular formula is C25H29F2NO4. The first-order valence-corrected chi connectivity index (χ1v) is 11.2. The van der Waals surface area contributed by atoms with E-state index in [9.17, 15) is 18.7 Å². The van der Waals surface area contributed by atoms with Gasteiger partial charge < -0.3 is 19.9 Å². The number of hydrogen-bond acceptors (Lipinski definition) is 4. The first-order chi connectivity index (χ1) is 15.4. The van der Waals surface area contributed by atoms with Crippen molar-refractivity contribution in [2.24, 2.45) is 0 Å². The van der Waals surface area contributed by atoms with Gasteiger partial charge in [-0.2, -0.15) is 0 Å². The highest BCUT2D eigenvalue weighted by molar-refractivity contribution is 5.87. The number of alkyl halides is 2. The lowest BCUT2D eigenvalue weighted by molar-refractivity contribution is -0.138. The number of anilines is 1. The number of halogens is 2. The zero-order chi connectivity index (χ0) is 22.7. The fraction of sp³-hybridized carbons (Fsp3) is 0.480. The maximum Gasteiger partial charge on any atom is 0.329 e. The molecule has 0 aliphatic heterocycles. The van der Waals surface area contributed by atoms with Crippen LogP contribution in [0.3, 0.4) is 0 Å². The van der Waals surface area contributed by atoms with Gasteiger partial charge in [0, 0.05) is 5.69 Å².